The number of carbonyl (C=O) groups is 2. The summed E-state index contributed by atoms with van der Waals surface area (Å²) in [5.41, 5.74) is 0.400. The number of benzene rings is 3. The van der Waals surface area contributed by atoms with E-state index in [1.165, 1.54) is 18.2 Å². The molecule has 0 fully saturated rings. The smallest absolute Gasteiger partial charge is 0.298 e. The van der Waals surface area contributed by atoms with Crippen molar-refractivity contribution < 1.29 is 23.1 Å². The second-order valence-electron chi connectivity index (χ2n) is 5.35. The Morgan fingerprint density at radius 3 is 2.15 bits per heavy atom. The second kappa shape index (κ2) is 7.57. The number of amides is 1. The van der Waals surface area contributed by atoms with Crippen molar-refractivity contribution in [1.29, 1.82) is 0 Å². The van der Waals surface area contributed by atoms with Crippen LogP contribution in [0.3, 0.4) is 0 Å². The van der Waals surface area contributed by atoms with Crippen LogP contribution in [0.4, 0.5) is 14.5 Å². The predicted octanol–water partition coefficient (Wildman–Crippen LogP) is 4.42. The molecule has 1 N–H and O–H groups in total. The minimum absolute atomic E-state index is 0.0123. The molecular weight excluding hydrogens is 340 g/mol. The molecule has 130 valence electrons. The lowest BCUT2D eigenvalue weighted by atomic mass is 10.0. The number of halogens is 2. The largest absolute Gasteiger partial charge is 0.428 e. The van der Waals surface area contributed by atoms with Gasteiger partial charge in [0.05, 0.1) is 5.56 Å². The molecule has 0 aliphatic rings. The van der Waals surface area contributed by atoms with Crippen molar-refractivity contribution in [1.82, 2.24) is 0 Å². The molecule has 0 atom stereocenters. The van der Waals surface area contributed by atoms with Crippen LogP contribution in [0.2, 0.25) is 0 Å². The van der Waals surface area contributed by atoms with E-state index in [1.54, 1.807) is 36.4 Å². The summed E-state index contributed by atoms with van der Waals surface area (Å²) in [5, 5.41) is 2.19. The number of nitrogens with one attached hydrogen (secondary N) is 1. The van der Waals surface area contributed by atoms with E-state index in [1.807, 2.05) is 0 Å². The Morgan fingerprint density at radius 2 is 1.50 bits per heavy atom. The zero-order valence-corrected chi connectivity index (χ0v) is 13.4. The van der Waals surface area contributed by atoms with Crippen LogP contribution >= 0.6 is 0 Å². The Labute approximate surface area is 148 Å². The van der Waals surface area contributed by atoms with Gasteiger partial charge in [0, 0.05) is 0 Å². The van der Waals surface area contributed by atoms with Crippen molar-refractivity contribution in [2.45, 2.75) is 0 Å². The van der Waals surface area contributed by atoms with Crippen LogP contribution < -0.4 is 10.1 Å². The standard InChI is InChI=1S/C20H13F2NO3/c21-16-10-14(13-6-2-1-3-7-13)11-17(22)19(16)23-20(25)15-8-4-5-9-18(15)26-12-24/h1-12H,(H,23,25). The van der Waals surface area contributed by atoms with E-state index in [2.05, 4.69) is 5.32 Å². The van der Waals surface area contributed by atoms with E-state index in [4.69, 9.17) is 4.74 Å². The second-order valence-corrected chi connectivity index (χ2v) is 5.35. The van der Waals surface area contributed by atoms with Gasteiger partial charge in [-0.15, -0.1) is 0 Å². The van der Waals surface area contributed by atoms with Crippen molar-refractivity contribution in [2.24, 2.45) is 0 Å². The number of hydrogen-bond acceptors (Lipinski definition) is 3. The lowest BCUT2D eigenvalue weighted by Gasteiger charge is -2.11. The maximum atomic E-state index is 14.4. The highest BCUT2D eigenvalue weighted by Gasteiger charge is 2.18. The molecule has 3 aromatic rings. The fraction of sp³-hybridized carbons (Fsp3) is 0. The quantitative estimate of drug-likeness (QED) is 0.691. The summed E-state index contributed by atoms with van der Waals surface area (Å²) in [7, 11) is 0. The van der Waals surface area contributed by atoms with Crippen molar-refractivity contribution in [3.05, 3.63) is 83.9 Å². The fourth-order valence-electron chi connectivity index (χ4n) is 2.48. The minimum Gasteiger partial charge on any atom is -0.428 e. The highest BCUT2D eigenvalue weighted by molar-refractivity contribution is 6.06. The number of rotatable bonds is 5. The molecule has 0 aliphatic heterocycles. The van der Waals surface area contributed by atoms with Gasteiger partial charge in [0.15, 0.2) is 0 Å². The number of para-hydroxylation sites is 1. The van der Waals surface area contributed by atoms with Gasteiger partial charge in [-0.25, -0.2) is 8.78 Å². The molecule has 0 unspecified atom stereocenters. The molecule has 1 amide bonds. The Bertz CT molecular complexity index is 935. The zero-order valence-electron chi connectivity index (χ0n) is 13.4. The van der Waals surface area contributed by atoms with E-state index in [0.29, 0.717) is 11.1 Å². The van der Waals surface area contributed by atoms with Gasteiger partial charge in [-0.2, -0.15) is 0 Å². The molecule has 0 radical (unpaired) electrons. The van der Waals surface area contributed by atoms with E-state index in [-0.39, 0.29) is 17.8 Å². The monoisotopic (exact) mass is 353 g/mol. The number of anilines is 1. The Balaban J connectivity index is 1.91. The highest BCUT2D eigenvalue weighted by Crippen LogP contribution is 2.28. The van der Waals surface area contributed by atoms with Crippen LogP contribution in [0.25, 0.3) is 11.1 Å². The maximum absolute atomic E-state index is 14.4. The van der Waals surface area contributed by atoms with Crippen LogP contribution in [0.15, 0.2) is 66.7 Å². The zero-order chi connectivity index (χ0) is 18.5. The van der Waals surface area contributed by atoms with E-state index in [0.717, 1.165) is 12.1 Å². The van der Waals surface area contributed by atoms with Gasteiger partial charge >= 0.3 is 0 Å². The van der Waals surface area contributed by atoms with Gasteiger partial charge in [0.2, 0.25) is 0 Å². The first-order valence-corrected chi connectivity index (χ1v) is 7.65. The van der Waals surface area contributed by atoms with Crippen LogP contribution in [-0.2, 0) is 4.79 Å². The molecule has 0 aromatic heterocycles. The minimum atomic E-state index is -0.911. The van der Waals surface area contributed by atoms with E-state index >= 15 is 0 Å². The van der Waals surface area contributed by atoms with Crippen LogP contribution in [0, 0.1) is 11.6 Å². The molecule has 26 heavy (non-hydrogen) atoms. The lowest BCUT2D eigenvalue weighted by Crippen LogP contribution is -2.15. The molecule has 0 bridgehead atoms. The third-order valence-electron chi connectivity index (χ3n) is 3.69. The summed E-state index contributed by atoms with van der Waals surface area (Å²) in [5.74, 6) is -2.63. The first-order valence-electron chi connectivity index (χ1n) is 7.65. The number of carbonyl (C=O) groups excluding carboxylic acids is 2. The molecular formula is C20H13F2NO3. The third kappa shape index (κ3) is 3.59. The SMILES string of the molecule is O=COc1ccccc1C(=O)Nc1c(F)cc(-c2ccccc2)cc1F. The van der Waals surface area contributed by atoms with Gasteiger partial charge in [0.1, 0.15) is 23.1 Å². The van der Waals surface area contributed by atoms with Crippen LogP contribution in [-0.4, -0.2) is 12.4 Å². The van der Waals surface area contributed by atoms with Gasteiger partial charge in [-0.3, -0.25) is 9.59 Å². The highest BCUT2D eigenvalue weighted by atomic mass is 19.1. The lowest BCUT2D eigenvalue weighted by molar-refractivity contribution is -0.120. The Kier molecular flexibility index (Phi) is 5.03. The summed E-state index contributed by atoms with van der Waals surface area (Å²) in [6, 6.07) is 16.9. The van der Waals surface area contributed by atoms with Crippen molar-refractivity contribution >= 4 is 18.1 Å². The average molecular weight is 353 g/mol. The Morgan fingerprint density at radius 1 is 0.885 bits per heavy atom. The molecule has 0 aliphatic carbocycles. The molecule has 6 heteroatoms. The molecule has 0 saturated heterocycles. The van der Waals surface area contributed by atoms with Crippen molar-refractivity contribution in [2.75, 3.05) is 5.32 Å². The molecule has 0 heterocycles. The summed E-state index contributed by atoms with van der Waals surface area (Å²) in [6.45, 7) is 0.169. The number of hydrogen-bond donors (Lipinski definition) is 1. The van der Waals surface area contributed by atoms with Crippen molar-refractivity contribution in [3.8, 4) is 16.9 Å². The summed E-state index contributed by atoms with van der Waals surface area (Å²) < 4.78 is 33.5. The summed E-state index contributed by atoms with van der Waals surface area (Å²) >= 11 is 0. The van der Waals surface area contributed by atoms with Gasteiger partial charge in [0.25, 0.3) is 12.4 Å². The molecule has 0 saturated carbocycles. The van der Waals surface area contributed by atoms with E-state index in [9.17, 15) is 18.4 Å². The number of ether oxygens (including phenoxy) is 1. The summed E-state index contributed by atoms with van der Waals surface area (Å²) in [4.78, 5) is 22.8. The van der Waals surface area contributed by atoms with Crippen molar-refractivity contribution in [3.63, 3.8) is 0 Å². The third-order valence-corrected chi connectivity index (χ3v) is 3.69. The average Bonchev–Trinajstić information content (AvgIpc) is 2.66. The first-order chi connectivity index (χ1) is 12.6. The van der Waals surface area contributed by atoms with Crippen LogP contribution in [0.5, 0.6) is 5.75 Å². The van der Waals surface area contributed by atoms with Gasteiger partial charge < -0.3 is 10.1 Å². The topological polar surface area (TPSA) is 55.4 Å². The predicted molar refractivity (Wildman–Crippen MR) is 92.9 cm³/mol. The molecule has 3 aromatic carbocycles. The molecule has 4 nitrogen and oxygen atoms in total. The van der Waals surface area contributed by atoms with E-state index < -0.39 is 23.2 Å². The van der Waals surface area contributed by atoms with Gasteiger partial charge in [-0.05, 0) is 35.4 Å². The summed E-state index contributed by atoms with van der Waals surface area (Å²) in [6.07, 6.45) is 0. The maximum Gasteiger partial charge on any atom is 0.298 e. The first kappa shape index (κ1) is 17.3. The molecule has 0 spiro atoms. The molecule has 3 rings (SSSR count). The Hall–Kier alpha value is -3.54. The van der Waals surface area contributed by atoms with Gasteiger partial charge in [-0.1, -0.05) is 42.5 Å². The normalized spacial score (nSPS) is 10.2. The van der Waals surface area contributed by atoms with Crippen LogP contribution in [0.1, 0.15) is 10.4 Å². The fourth-order valence-corrected chi connectivity index (χ4v) is 2.48.